The van der Waals surface area contributed by atoms with E-state index in [0.717, 1.165) is 33.4 Å². The van der Waals surface area contributed by atoms with Crippen LogP contribution in [-0.4, -0.2) is 35.4 Å². The maximum Gasteiger partial charge on any atom is 0.344 e. The lowest BCUT2D eigenvalue weighted by Gasteiger charge is -2.20. The molecule has 0 saturated carbocycles. The Morgan fingerprint density at radius 3 is 1.02 bits per heavy atom. The summed E-state index contributed by atoms with van der Waals surface area (Å²) in [5.74, 6) is 0.223. The standard InChI is InChI=1S/C46H40O8/c47-41(51-27-31-11-3-1-4-12-31)29-53-45-37-19-9-20-38(45)24-34-16-8-18-36(44(34)50)26-40-22-10-21-39(25-35-17-7-15-33(23-37)43(35)49)46(40)54-30-42(48)52-28-32-13-5-2-6-14-32/h1-22,49-50H,23-30H2. The van der Waals surface area contributed by atoms with Gasteiger partial charge in [-0.3, -0.25) is 0 Å². The maximum atomic E-state index is 12.9. The van der Waals surface area contributed by atoms with Gasteiger partial charge >= 0.3 is 11.9 Å². The van der Waals surface area contributed by atoms with Crippen molar-refractivity contribution in [3.8, 4) is 23.0 Å². The average molecular weight is 721 g/mol. The molecule has 0 amide bonds. The Labute approximate surface area is 314 Å². The Morgan fingerprint density at radius 1 is 0.407 bits per heavy atom. The normalized spacial score (nSPS) is 12.0. The molecule has 0 unspecified atom stereocenters. The molecule has 2 N–H and O–H groups in total. The van der Waals surface area contributed by atoms with Crippen molar-refractivity contribution in [2.24, 2.45) is 0 Å². The van der Waals surface area contributed by atoms with Gasteiger partial charge in [0.05, 0.1) is 0 Å². The molecule has 0 radical (unpaired) electrons. The van der Waals surface area contributed by atoms with Gasteiger partial charge < -0.3 is 29.2 Å². The Hall–Kier alpha value is -6.54. The van der Waals surface area contributed by atoms with Gasteiger partial charge in [0.25, 0.3) is 0 Å². The zero-order valence-corrected chi connectivity index (χ0v) is 29.7. The third kappa shape index (κ3) is 8.73. The molecule has 0 fully saturated rings. The molecule has 0 saturated heterocycles. The van der Waals surface area contributed by atoms with Crippen molar-refractivity contribution in [2.75, 3.05) is 13.2 Å². The quantitative estimate of drug-likeness (QED) is 0.137. The number of phenols is 2. The summed E-state index contributed by atoms with van der Waals surface area (Å²) in [5.41, 5.74) is 7.47. The highest BCUT2D eigenvalue weighted by Crippen LogP contribution is 2.38. The van der Waals surface area contributed by atoms with Gasteiger partial charge in [0.1, 0.15) is 36.2 Å². The topological polar surface area (TPSA) is 112 Å². The fourth-order valence-corrected chi connectivity index (χ4v) is 6.71. The van der Waals surface area contributed by atoms with E-state index in [1.807, 2.05) is 133 Å². The number of carbonyl (C=O) groups is 2. The van der Waals surface area contributed by atoms with Gasteiger partial charge in [-0.15, -0.1) is 0 Å². The second-order valence-corrected chi connectivity index (χ2v) is 13.2. The van der Waals surface area contributed by atoms with Crippen LogP contribution in [0.15, 0.2) is 133 Å². The minimum atomic E-state index is -0.514. The van der Waals surface area contributed by atoms with Crippen molar-refractivity contribution < 1.29 is 38.7 Å². The van der Waals surface area contributed by atoms with E-state index in [0.29, 0.717) is 59.4 Å². The molecule has 272 valence electrons. The summed E-state index contributed by atoms with van der Waals surface area (Å²) in [4.78, 5) is 25.7. The fraction of sp³-hybridized carbons (Fsp3) is 0.174. The predicted molar refractivity (Wildman–Crippen MR) is 204 cm³/mol. The van der Waals surface area contributed by atoms with Crippen LogP contribution in [0.4, 0.5) is 0 Å². The monoisotopic (exact) mass is 720 g/mol. The third-order valence-corrected chi connectivity index (χ3v) is 9.44. The Morgan fingerprint density at radius 2 is 0.704 bits per heavy atom. The van der Waals surface area contributed by atoms with Gasteiger partial charge in [-0.25, -0.2) is 9.59 Å². The van der Waals surface area contributed by atoms with E-state index in [-0.39, 0.29) is 37.9 Å². The van der Waals surface area contributed by atoms with Crippen LogP contribution < -0.4 is 9.47 Å². The average Bonchev–Trinajstić information content (AvgIpc) is 3.19. The van der Waals surface area contributed by atoms with Crippen molar-refractivity contribution in [1.82, 2.24) is 0 Å². The minimum Gasteiger partial charge on any atom is -0.507 e. The first-order chi connectivity index (χ1) is 26.4. The number of carbonyl (C=O) groups excluding carboxylic acids is 2. The number of ether oxygens (including phenoxy) is 4. The summed E-state index contributed by atoms with van der Waals surface area (Å²) in [5, 5.41) is 23.3. The van der Waals surface area contributed by atoms with Crippen molar-refractivity contribution >= 4 is 11.9 Å². The number of rotatable bonds is 10. The summed E-state index contributed by atoms with van der Waals surface area (Å²) in [6.07, 6.45) is 1.24. The van der Waals surface area contributed by atoms with Crippen LogP contribution in [0.25, 0.3) is 0 Å². The number of para-hydroxylation sites is 4. The molecule has 8 bridgehead atoms. The first-order valence-corrected chi connectivity index (χ1v) is 17.9. The molecule has 54 heavy (non-hydrogen) atoms. The number of esters is 2. The minimum absolute atomic E-state index is 0.129. The van der Waals surface area contributed by atoms with E-state index in [1.165, 1.54) is 0 Å². The molecule has 0 aromatic heterocycles. The predicted octanol–water partition coefficient (Wildman–Crippen LogP) is 8.02. The van der Waals surface area contributed by atoms with Crippen molar-refractivity contribution in [3.05, 3.63) is 189 Å². The summed E-state index contributed by atoms with van der Waals surface area (Å²) >= 11 is 0. The molecule has 6 aromatic rings. The van der Waals surface area contributed by atoms with Crippen molar-refractivity contribution in [1.29, 1.82) is 0 Å². The summed E-state index contributed by atoms with van der Waals surface area (Å²) in [7, 11) is 0. The van der Waals surface area contributed by atoms with E-state index >= 15 is 0 Å². The number of phenolic OH excluding ortho intramolecular Hbond substituents is 2. The number of hydrogen-bond acceptors (Lipinski definition) is 8. The highest BCUT2D eigenvalue weighted by atomic mass is 16.6. The van der Waals surface area contributed by atoms with Gasteiger partial charge in [0.2, 0.25) is 0 Å². The summed E-state index contributed by atoms with van der Waals surface area (Å²) < 4.78 is 23.5. The lowest BCUT2D eigenvalue weighted by Crippen LogP contribution is -2.16. The first kappa shape index (κ1) is 35.8. The van der Waals surface area contributed by atoms with Gasteiger partial charge in [0, 0.05) is 25.7 Å². The van der Waals surface area contributed by atoms with Crippen LogP contribution in [0, 0.1) is 0 Å². The molecular weight excluding hydrogens is 680 g/mol. The molecule has 8 heteroatoms. The van der Waals surface area contributed by atoms with Crippen LogP contribution in [-0.2, 0) is 58.0 Å². The van der Waals surface area contributed by atoms with Crippen LogP contribution in [0.5, 0.6) is 23.0 Å². The summed E-state index contributed by atoms with van der Waals surface area (Å²) in [6.45, 7) is -0.365. The van der Waals surface area contributed by atoms with Crippen LogP contribution in [0.3, 0.4) is 0 Å². The fourth-order valence-electron chi connectivity index (χ4n) is 6.71. The van der Waals surface area contributed by atoms with Crippen molar-refractivity contribution in [2.45, 2.75) is 38.9 Å². The SMILES string of the molecule is O=C(COc1c2cccc1Cc1cccc(c1O)Cc1cccc(c1OCC(=O)OCc1ccccc1)Cc1cccc(c1O)C2)OCc1ccccc1. The Balaban J connectivity index is 1.20. The highest BCUT2D eigenvalue weighted by molar-refractivity contribution is 5.72. The van der Waals surface area contributed by atoms with Gasteiger partial charge in [-0.1, -0.05) is 133 Å². The van der Waals surface area contributed by atoms with Crippen molar-refractivity contribution in [3.63, 3.8) is 0 Å². The Kier molecular flexibility index (Phi) is 11.2. The van der Waals surface area contributed by atoms with E-state index in [9.17, 15) is 19.8 Å². The largest absolute Gasteiger partial charge is 0.507 e. The van der Waals surface area contributed by atoms with E-state index in [1.54, 1.807) is 0 Å². The molecule has 6 aromatic carbocycles. The molecule has 1 aliphatic rings. The van der Waals surface area contributed by atoms with Crippen LogP contribution in [0.1, 0.15) is 55.6 Å². The molecular formula is C46H40O8. The lowest BCUT2D eigenvalue weighted by atomic mass is 9.91. The lowest BCUT2D eigenvalue weighted by molar-refractivity contribution is -0.148. The molecule has 7 rings (SSSR count). The van der Waals surface area contributed by atoms with Gasteiger partial charge in [-0.2, -0.15) is 0 Å². The molecule has 0 aliphatic heterocycles. The summed E-state index contributed by atoms with van der Waals surface area (Å²) in [6, 6.07) is 41.6. The Bertz CT molecular complexity index is 2000. The van der Waals surface area contributed by atoms with Gasteiger partial charge in [0.15, 0.2) is 13.2 Å². The zero-order chi connectivity index (χ0) is 37.3. The van der Waals surface area contributed by atoms with Crippen LogP contribution in [0.2, 0.25) is 0 Å². The first-order valence-electron chi connectivity index (χ1n) is 17.9. The second kappa shape index (κ2) is 16.9. The maximum absolute atomic E-state index is 12.9. The third-order valence-electron chi connectivity index (χ3n) is 9.44. The zero-order valence-electron chi connectivity index (χ0n) is 29.7. The number of benzene rings is 6. The van der Waals surface area contributed by atoms with E-state index in [4.69, 9.17) is 18.9 Å². The number of fused-ring (bicyclic) bond motifs is 8. The molecule has 8 nitrogen and oxygen atoms in total. The smallest absolute Gasteiger partial charge is 0.344 e. The van der Waals surface area contributed by atoms with E-state index in [2.05, 4.69) is 0 Å². The molecule has 0 heterocycles. The molecule has 0 spiro atoms. The van der Waals surface area contributed by atoms with Crippen LogP contribution >= 0.6 is 0 Å². The molecule has 1 aliphatic carbocycles. The van der Waals surface area contributed by atoms with Gasteiger partial charge in [-0.05, 0) is 55.6 Å². The number of aromatic hydroxyl groups is 2. The second-order valence-electron chi connectivity index (χ2n) is 13.2. The van der Waals surface area contributed by atoms with E-state index < -0.39 is 11.9 Å². The molecule has 0 atom stereocenters. The number of hydrogen-bond donors (Lipinski definition) is 2. The highest BCUT2D eigenvalue weighted by Gasteiger charge is 2.21.